The maximum Gasteiger partial charge on any atom is 0.275 e. The van der Waals surface area contributed by atoms with Gasteiger partial charge in [-0.2, -0.15) is 0 Å². The molecule has 8 heteroatoms. The molecule has 0 amide bonds. The summed E-state index contributed by atoms with van der Waals surface area (Å²) in [5.74, 6) is -0.0663. The Hall–Kier alpha value is -3.60. The van der Waals surface area contributed by atoms with Crippen molar-refractivity contribution in [1.29, 1.82) is 0 Å². The van der Waals surface area contributed by atoms with E-state index in [1.165, 1.54) is 22.8 Å². The number of aromatic nitrogens is 5. The van der Waals surface area contributed by atoms with Gasteiger partial charge in [-0.1, -0.05) is 18.6 Å². The van der Waals surface area contributed by atoms with Gasteiger partial charge < -0.3 is 9.41 Å². The van der Waals surface area contributed by atoms with Gasteiger partial charge in [-0.3, -0.25) is 0 Å². The lowest BCUT2D eigenvalue weighted by Gasteiger charge is -2.16. The normalized spacial score (nSPS) is 12.2. The predicted octanol–water partition coefficient (Wildman–Crippen LogP) is 4.87. The van der Waals surface area contributed by atoms with Crippen molar-refractivity contribution >= 4 is 11.5 Å². The second-order valence-electron chi connectivity index (χ2n) is 6.29. The van der Waals surface area contributed by atoms with Crippen LogP contribution in [-0.4, -0.2) is 30.8 Å². The molecule has 0 aliphatic rings. The van der Waals surface area contributed by atoms with Gasteiger partial charge in [0.05, 0.1) is 30.0 Å². The van der Waals surface area contributed by atoms with Crippen LogP contribution >= 0.6 is 0 Å². The Morgan fingerprint density at radius 2 is 1.93 bits per heavy atom. The van der Waals surface area contributed by atoms with Gasteiger partial charge in [-0.15, -0.1) is 4.52 Å². The lowest BCUT2D eigenvalue weighted by Crippen LogP contribution is -2.11. The number of hydrogen-bond acceptors (Lipinski definition) is 3. The maximum atomic E-state index is 13.7. The molecule has 0 saturated carbocycles. The van der Waals surface area contributed by atoms with E-state index in [1.807, 2.05) is 6.92 Å². The van der Waals surface area contributed by atoms with Crippen molar-refractivity contribution in [3.63, 3.8) is 0 Å². The minimum atomic E-state index is -0.552. The highest BCUT2D eigenvalue weighted by atomic mass is 19.1. The topological polar surface area (TPSA) is 52.4 Å². The number of benzene rings is 1. The zero-order valence-corrected chi connectivity index (χ0v) is 15.0. The van der Waals surface area contributed by atoms with Crippen LogP contribution in [0.4, 0.5) is 14.6 Å². The summed E-state index contributed by atoms with van der Waals surface area (Å²) in [6.07, 6.45) is 3.61. The fourth-order valence-corrected chi connectivity index (χ4v) is 3.15. The molecule has 0 spiro atoms. The van der Waals surface area contributed by atoms with Gasteiger partial charge in [0.25, 0.3) is 5.82 Å². The first kappa shape index (κ1) is 17.8. The molecule has 0 aliphatic carbocycles. The highest BCUT2D eigenvalue weighted by Crippen LogP contribution is 2.33. The van der Waals surface area contributed by atoms with Crippen LogP contribution in [0.3, 0.4) is 0 Å². The van der Waals surface area contributed by atoms with E-state index in [1.54, 1.807) is 35.2 Å². The maximum absolute atomic E-state index is 13.7. The van der Waals surface area contributed by atoms with Crippen LogP contribution in [0.2, 0.25) is 0 Å². The lowest BCUT2D eigenvalue weighted by molar-refractivity contribution is 0.350. The smallest absolute Gasteiger partial charge is 0.275 e. The molecule has 140 valence electrons. The number of halogens is 2. The molecule has 4 rings (SSSR count). The molecule has 0 bridgehead atoms. The van der Waals surface area contributed by atoms with Crippen molar-refractivity contribution < 1.29 is 8.78 Å². The summed E-state index contributed by atoms with van der Waals surface area (Å²) in [7, 11) is 0. The Kier molecular flexibility index (Phi) is 4.57. The van der Waals surface area contributed by atoms with Crippen LogP contribution < -0.4 is 0 Å². The number of fused-ring (bicyclic) bond motifs is 1. The summed E-state index contributed by atoms with van der Waals surface area (Å²) in [6, 6.07) is 9.07. The average molecular weight is 378 g/mol. The second kappa shape index (κ2) is 7.19. The third-order valence-corrected chi connectivity index (χ3v) is 4.66. The Labute approximate surface area is 159 Å². The van der Waals surface area contributed by atoms with Crippen molar-refractivity contribution in [2.24, 2.45) is 0 Å². The number of alkyl halides is 1. The molecule has 0 aliphatic heterocycles. The van der Waals surface area contributed by atoms with E-state index >= 15 is 0 Å². The van der Waals surface area contributed by atoms with Gasteiger partial charge in [-0.05, 0) is 36.8 Å². The van der Waals surface area contributed by atoms with Crippen molar-refractivity contribution in [1.82, 2.24) is 24.1 Å². The van der Waals surface area contributed by atoms with Crippen LogP contribution in [0, 0.1) is 12.4 Å². The van der Waals surface area contributed by atoms with Crippen LogP contribution in [0.1, 0.15) is 19.4 Å². The Morgan fingerprint density at radius 1 is 1.14 bits per heavy atom. The van der Waals surface area contributed by atoms with E-state index in [-0.39, 0.29) is 11.6 Å². The molecule has 28 heavy (non-hydrogen) atoms. The van der Waals surface area contributed by atoms with Gasteiger partial charge in [0, 0.05) is 11.6 Å². The Morgan fingerprint density at radius 3 is 2.61 bits per heavy atom. The minimum Gasteiger partial charge on any atom is -0.360 e. The first-order valence-corrected chi connectivity index (χ1v) is 8.77. The summed E-state index contributed by atoms with van der Waals surface area (Å²) < 4.78 is 30.2. The molecule has 6 nitrogen and oxygen atoms in total. The zero-order chi connectivity index (χ0) is 19.7. The molecule has 0 radical (unpaired) electrons. The Balaban J connectivity index is 1.96. The third kappa shape index (κ3) is 2.91. The van der Waals surface area contributed by atoms with Gasteiger partial charge in [0.15, 0.2) is 0 Å². The number of rotatable bonds is 5. The summed E-state index contributed by atoms with van der Waals surface area (Å²) in [5.41, 5.74) is 2.95. The molecule has 4 aromatic rings. The summed E-state index contributed by atoms with van der Waals surface area (Å²) in [4.78, 5) is 12.0. The van der Waals surface area contributed by atoms with Crippen molar-refractivity contribution in [2.75, 3.05) is 6.67 Å². The van der Waals surface area contributed by atoms with E-state index in [0.29, 0.717) is 34.7 Å². The molecule has 1 atom stereocenters. The van der Waals surface area contributed by atoms with Gasteiger partial charge in [-0.25, -0.2) is 18.7 Å². The van der Waals surface area contributed by atoms with Gasteiger partial charge >= 0.3 is 0 Å². The van der Waals surface area contributed by atoms with Crippen LogP contribution in [0.15, 0.2) is 48.9 Å². The highest BCUT2D eigenvalue weighted by Gasteiger charge is 2.22. The van der Waals surface area contributed by atoms with E-state index in [9.17, 15) is 8.78 Å². The summed E-state index contributed by atoms with van der Waals surface area (Å²) in [6.45, 7) is 8.62. The van der Waals surface area contributed by atoms with E-state index in [0.717, 1.165) is 0 Å². The standard InChI is InChI=1S/C20H16F2N6/c1-3-15(10-21)27-12-25-19(13-4-6-14(22)7-5-13)20(27)16-8-9-17-24-11-18(23-2)28(17)26-16/h4-9,11-12,15H,3,10H2,1H3. The van der Waals surface area contributed by atoms with E-state index in [4.69, 9.17) is 6.57 Å². The van der Waals surface area contributed by atoms with Gasteiger partial charge in [0.1, 0.15) is 18.2 Å². The quantitative estimate of drug-likeness (QED) is 0.466. The molecule has 0 saturated heterocycles. The SMILES string of the molecule is [C-]#[N+]c1cnc2ccc(-c3c(-c4ccc(F)cc4)ncn3C(CC)CF)nn12. The number of imidazole rings is 2. The third-order valence-electron chi connectivity index (χ3n) is 4.66. The predicted molar refractivity (Wildman–Crippen MR) is 101 cm³/mol. The summed E-state index contributed by atoms with van der Waals surface area (Å²) in [5, 5.41) is 4.55. The zero-order valence-electron chi connectivity index (χ0n) is 15.0. The average Bonchev–Trinajstić information content (AvgIpc) is 3.33. The summed E-state index contributed by atoms with van der Waals surface area (Å²) >= 11 is 0. The van der Waals surface area contributed by atoms with Crippen molar-refractivity contribution in [2.45, 2.75) is 19.4 Å². The van der Waals surface area contributed by atoms with E-state index < -0.39 is 12.7 Å². The first-order valence-electron chi connectivity index (χ1n) is 8.77. The molecule has 0 fully saturated rings. The first-order chi connectivity index (χ1) is 13.7. The fourth-order valence-electron chi connectivity index (χ4n) is 3.15. The monoisotopic (exact) mass is 378 g/mol. The molecule has 3 heterocycles. The van der Waals surface area contributed by atoms with Crippen molar-refractivity contribution in [3.8, 4) is 22.6 Å². The molecule has 1 unspecified atom stereocenters. The van der Waals surface area contributed by atoms with E-state index in [2.05, 4.69) is 19.9 Å². The molecular weight excluding hydrogens is 362 g/mol. The highest BCUT2D eigenvalue weighted by molar-refractivity contribution is 5.77. The van der Waals surface area contributed by atoms with Crippen LogP contribution in [-0.2, 0) is 0 Å². The molecule has 3 aromatic heterocycles. The lowest BCUT2D eigenvalue weighted by atomic mass is 10.1. The molecule has 0 N–H and O–H groups in total. The fraction of sp³-hybridized carbons (Fsp3) is 0.200. The number of nitrogens with zero attached hydrogens (tertiary/aromatic N) is 6. The van der Waals surface area contributed by atoms with Crippen LogP contribution in [0.25, 0.3) is 33.1 Å². The van der Waals surface area contributed by atoms with Crippen molar-refractivity contribution in [3.05, 3.63) is 66.2 Å². The van der Waals surface area contributed by atoms with Gasteiger partial charge in [0.2, 0.25) is 5.65 Å². The number of hydrogen-bond donors (Lipinski definition) is 0. The Bertz CT molecular complexity index is 1170. The second-order valence-corrected chi connectivity index (χ2v) is 6.29. The molecular formula is C20H16F2N6. The van der Waals surface area contributed by atoms with Crippen LogP contribution in [0.5, 0.6) is 0 Å². The minimum absolute atomic E-state index is 0.281. The largest absolute Gasteiger partial charge is 0.360 e. The molecule has 1 aromatic carbocycles.